The minimum Gasteiger partial charge on any atom is -0.370 e. The monoisotopic (exact) mass is 174 g/mol. The van der Waals surface area contributed by atoms with E-state index in [0.717, 1.165) is 5.56 Å². The minimum absolute atomic E-state index is 0.317. The number of benzene rings is 1. The second kappa shape index (κ2) is 4.27. The van der Waals surface area contributed by atoms with Gasteiger partial charge < -0.3 is 5.73 Å². The van der Waals surface area contributed by atoms with Crippen molar-refractivity contribution in [3.8, 4) is 6.07 Å². The fourth-order valence-electron chi connectivity index (χ4n) is 1.06. The van der Waals surface area contributed by atoms with Crippen LogP contribution in [0.2, 0.25) is 0 Å². The zero-order valence-electron chi connectivity index (χ0n) is 7.16. The second-order valence-corrected chi connectivity index (χ2v) is 2.78. The van der Waals surface area contributed by atoms with Crippen molar-refractivity contribution in [3.63, 3.8) is 0 Å². The first kappa shape index (κ1) is 9.27. The molecule has 1 aromatic rings. The molecule has 2 N–H and O–H groups in total. The van der Waals surface area contributed by atoms with Gasteiger partial charge in [-0.25, -0.2) is 0 Å². The molecule has 13 heavy (non-hydrogen) atoms. The largest absolute Gasteiger partial charge is 0.370 e. The van der Waals surface area contributed by atoms with E-state index in [0.29, 0.717) is 18.4 Å². The first-order valence-corrected chi connectivity index (χ1v) is 3.99. The molecule has 0 unspecified atom stereocenters. The summed E-state index contributed by atoms with van der Waals surface area (Å²) in [5.74, 6) is -0.317. The Kier molecular flexibility index (Phi) is 3.04. The molecule has 0 saturated heterocycles. The smallest absolute Gasteiger partial charge is 0.217 e. The van der Waals surface area contributed by atoms with Crippen LogP contribution < -0.4 is 5.73 Å². The van der Waals surface area contributed by atoms with Gasteiger partial charge in [0.05, 0.1) is 11.6 Å². The predicted molar refractivity (Wildman–Crippen MR) is 48.7 cm³/mol. The molecule has 3 nitrogen and oxygen atoms in total. The van der Waals surface area contributed by atoms with Crippen LogP contribution >= 0.6 is 0 Å². The Hall–Kier alpha value is -1.82. The van der Waals surface area contributed by atoms with Crippen LogP contribution in [0.25, 0.3) is 0 Å². The Bertz CT molecular complexity index is 352. The summed E-state index contributed by atoms with van der Waals surface area (Å²) in [6.45, 7) is 0. The van der Waals surface area contributed by atoms with E-state index in [2.05, 4.69) is 0 Å². The van der Waals surface area contributed by atoms with E-state index in [1.807, 2.05) is 12.1 Å². The number of nitriles is 1. The van der Waals surface area contributed by atoms with Crippen LogP contribution in [0, 0.1) is 11.3 Å². The zero-order chi connectivity index (χ0) is 9.68. The molecule has 1 aromatic carbocycles. The number of rotatable bonds is 3. The number of amides is 1. The fraction of sp³-hybridized carbons (Fsp3) is 0.200. The lowest BCUT2D eigenvalue weighted by molar-refractivity contribution is -0.117. The van der Waals surface area contributed by atoms with Crippen LogP contribution in [-0.4, -0.2) is 5.91 Å². The van der Waals surface area contributed by atoms with Crippen molar-refractivity contribution in [3.05, 3.63) is 35.4 Å². The van der Waals surface area contributed by atoms with Crippen molar-refractivity contribution >= 4 is 5.91 Å². The first-order valence-electron chi connectivity index (χ1n) is 3.99. The molecule has 0 aliphatic carbocycles. The van der Waals surface area contributed by atoms with Gasteiger partial charge in [0, 0.05) is 6.42 Å². The van der Waals surface area contributed by atoms with E-state index >= 15 is 0 Å². The van der Waals surface area contributed by atoms with E-state index in [1.165, 1.54) is 0 Å². The molecule has 0 aliphatic heterocycles. The van der Waals surface area contributed by atoms with E-state index in [4.69, 9.17) is 11.0 Å². The van der Waals surface area contributed by atoms with Crippen LogP contribution in [0.5, 0.6) is 0 Å². The van der Waals surface area contributed by atoms with Crippen molar-refractivity contribution < 1.29 is 4.79 Å². The van der Waals surface area contributed by atoms with Crippen molar-refractivity contribution in [2.75, 3.05) is 0 Å². The molecule has 0 heterocycles. The number of nitrogens with zero attached hydrogens (tertiary/aromatic N) is 1. The maximum absolute atomic E-state index is 10.5. The normalized spacial score (nSPS) is 9.15. The van der Waals surface area contributed by atoms with Crippen molar-refractivity contribution in [2.45, 2.75) is 12.8 Å². The maximum atomic E-state index is 10.5. The van der Waals surface area contributed by atoms with Gasteiger partial charge >= 0.3 is 0 Å². The number of nitrogens with two attached hydrogens (primary N) is 1. The number of carbonyl (C=O) groups is 1. The van der Waals surface area contributed by atoms with Crippen LogP contribution in [0.3, 0.4) is 0 Å². The number of carbonyl (C=O) groups excluding carboxylic acids is 1. The van der Waals surface area contributed by atoms with Gasteiger partial charge in [-0.1, -0.05) is 12.1 Å². The number of hydrogen-bond acceptors (Lipinski definition) is 2. The summed E-state index contributed by atoms with van der Waals surface area (Å²) in [6.07, 6.45) is 0.930. The SMILES string of the molecule is N#Cc1cccc(CCC(N)=O)c1. The quantitative estimate of drug-likeness (QED) is 0.742. The van der Waals surface area contributed by atoms with Crippen molar-refractivity contribution in [1.82, 2.24) is 0 Å². The van der Waals surface area contributed by atoms with E-state index in [-0.39, 0.29) is 5.91 Å². The van der Waals surface area contributed by atoms with Gasteiger partial charge in [0.1, 0.15) is 0 Å². The van der Waals surface area contributed by atoms with Gasteiger partial charge in [0.2, 0.25) is 5.91 Å². The summed E-state index contributed by atoms with van der Waals surface area (Å²) in [6, 6.07) is 9.21. The molecule has 1 amide bonds. The predicted octanol–water partition coefficient (Wildman–Crippen LogP) is 0.976. The van der Waals surface area contributed by atoms with Crippen molar-refractivity contribution in [1.29, 1.82) is 5.26 Å². The van der Waals surface area contributed by atoms with Gasteiger partial charge in [0.25, 0.3) is 0 Å². The molecule has 0 aromatic heterocycles. The molecule has 0 saturated carbocycles. The summed E-state index contributed by atoms with van der Waals surface area (Å²) in [7, 11) is 0. The van der Waals surface area contributed by atoms with E-state index in [9.17, 15) is 4.79 Å². The highest BCUT2D eigenvalue weighted by Crippen LogP contribution is 2.06. The Labute approximate surface area is 76.8 Å². The highest BCUT2D eigenvalue weighted by atomic mass is 16.1. The Morgan fingerprint density at radius 2 is 2.31 bits per heavy atom. The zero-order valence-corrected chi connectivity index (χ0v) is 7.16. The first-order chi connectivity index (χ1) is 6.22. The average molecular weight is 174 g/mol. The molecule has 0 bridgehead atoms. The van der Waals surface area contributed by atoms with Crippen LogP contribution in [0.4, 0.5) is 0 Å². The summed E-state index contributed by atoms with van der Waals surface area (Å²) < 4.78 is 0. The molecule has 3 heteroatoms. The average Bonchev–Trinajstić information content (AvgIpc) is 2.15. The fourth-order valence-corrected chi connectivity index (χ4v) is 1.06. The minimum atomic E-state index is -0.317. The summed E-state index contributed by atoms with van der Waals surface area (Å²) >= 11 is 0. The summed E-state index contributed by atoms with van der Waals surface area (Å²) in [5, 5.41) is 8.60. The third-order valence-electron chi connectivity index (χ3n) is 1.72. The number of aryl methyl sites for hydroxylation is 1. The Morgan fingerprint density at radius 3 is 2.92 bits per heavy atom. The lowest BCUT2D eigenvalue weighted by atomic mass is 10.1. The number of primary amides is 1. The van der Waals surface area contributed by atoms with Crippen LogP contribution in [0.1, 0.15) is 17.5 Å². The van der Waals surface area contributed by atoms with Gasteiger partial charge in [-0.3, -0.25) is 4.79 Å². The van der Waals surface area contributed by atoms with E-state index in [1.54, 1.807) is 18.2 Å². The van der Waals surface area contributed by atoms with Gasteiger partial charge in [-0.05, 0) is 24.1 Å². The third-order valence-corrected chi connectivity index (χ3v) is 1.72. The van der Waals surface area contributed by atoms with Gasteiger partial charge in [0.15, 0.2) is 0 Å². The molecule has 0 radical (unpaired) electrons. The molecular weight excluding hydrogens is 164 g/mol. The lowest BCUT2D eigenvalue weighted by Gasteiger charge is -1.98. The second-order valence-electron chi connectivity index (χ2n) is 2.78. The standard InChI is InChI=1S/C10H10N2O/c11-7-9-3-1-2-8(6-9)4-5-10(12)13/h1-3,6H,4-5H2,(H2,12,13). The topological polar surface area (TPSA) is 66.9 Å². The van der Waals surface area contributed by atoms with Crippen LogP contribution in [-0.2, 0) is 11.2 Å². The van der Waals surface area contributed by atoms with E-state index < -0.39 is 0 Å². The molecule has 0 fully saturated rings. The molecule has 0 spiro atoms. The maximum Gasteiger partial charge on any atom is 0.217 e. The Balaban J connectivity index is 2.68. The molecule has 0 atom stereocenters. The van der Waals surface area contributed by atoms with Gasteiger partial charge in [-0.2, -0.15) is 5.26 Å². The Morgan fingerprint density at radius 1 is 1.54 bits per heavy atom. The molecule has 0 aliphatic rings. The molecular formula is C10H10N2O. The summed E-state index contributed by atoms with van der Waals surface area (Å²) in [5.41, 5.74) is 6.59. The number of hydrogen-bond donors (Lipinski definition) is 1. The summed E-state index contributed by atoms with van der Waals surface area (Å²) in [4.78, 5) is 10.5. The highest BCUT2D eigenvalue weighted by molar-refractivity contribution is 5.74. The third kappa shape index (κ3) is 2.96. The van der Waals surface area contributed by atoms with Gasteiger partial charge in [-0.15, -0.1) is 0 Å². The van der Waals surface area contributed by atoms with Crippen LogP contribution in [0.15, 0.2) is 24.3 Å². The highest BCUT2D eigenvalue weighted by Gasteiger charge is 1.98. The molecule has 1 rings (SSSR count). The lowest BCUT2D eigenvalue weighted by Crippen LogP contribution is -2.11. The molecule has 66 valence electrons. The van der Waals surface area contributed by atoms with Crippen molar-refractivity contribution in [2.24, 2.45) is 5.73 Å².